The second-order valence-corrected chi connectivity index (χ2v) is 7.25. The van der Waals surface area contributed by atoms with Crippen molar-refractivity contribution in [2.45, 2.75) is 6.92 Å². The van der Waals surface area contributed by atoms with E-state index in [1.54, 1.807) is 62.6 Å². The monoisotopic (exact) mass is 504 g/mol. The summed E-state index contributed by atoms with van der Waals surface area (Å²) in [7, 11) is 1.54. The van der Waals surface area contributed by atoms with E-state index in [0.29, 0.717) is 34.0 Å². The molecule has 0 unspecified atom stereocenters. The maximum absolute atomic E-state index is 12.2. The Kier molecular flexibility index (Phi) is 6.32. The van der Waals surface area contributed by atoms with Gasteiger partial charge in [-0.05, 0) is 71.5 Å². The number of carboxylic acids is 1. The van der Waals surface area contributed by atoms with Crippen molar-refractivity contribution in [1.29, 1.82) is 0 Å². The fourth-order valence-electron chi connectivity index (χ4n) is 2.60. The number of carbonyl (C=O) groups excluding carboxylic acids is 1. The number of halogens is 1. The van der Waals surface area contributed by atoms with E-state index in [-0.39, 0.29) is 11.5 Å². The van der Waals surface area contributed by atoms with Crippen molar-refractivity contribution in [3.05, 3.63) is 74.6 Å². The molecule has 0 saturated carbocycles. The molecule has 148 valence electrons. The third-order valence-corrected chi connectivity index (χ3v) is 5.04. The summed E-state index contributed by atoms with van der Waals surface area (Å²) in [5.74, 6) is 0.150. The lowest BCUT2D eigenvalue weighted by Crippen LogP contribution is -2.17. The Bertz CT molecular complexity index is 1100. The highest BCUT2D eigenvalue weighted by Crippen LogP contribution is 2.24. The van der Waals surface area contributed by atoms with E-state index in [1.807, 2.05) is 0 Å². The average Bonchev–Trinajstić information content (AvgIpc) is 3.17. The number of nitrogens with one attached hydrogen (secondary N) is 1. The van der Waals surface area contributed by atoms with E-state index in [2.05, 4.69) is 33.1 Å². The zero-order valence-electron chi connectivity index (χ0n) is 15.6. The van der Waals surface area contributed by atoms with E-state index in [1.165, 1.54) is 6.21 Å². The lowest BCUT2D eigenvalue weighted by Gasteiger charge is -2.05. The fraction of sp³-hybridized carbons (Fsp3) is 0.0952. The van der Waals surface area contributed by atoms with E-state index in [9.17, 15) is 14.7 Å². The van der Waals surface area contributed by atoms with Gasteiger partial charge in [0.15, 0.2) is 0 Å². The molecular formula is C21H17IN2O5. The first-order chi connectivity index (χ1) is 13.9. The number of methoxy groups -OCH3 is 1. The molecule has 0 radical (unpaired) electrons. The van der Waals surface area contributed by atoms with Gasteiger partial charge in [0.2, 0.25) is 0 Å². The molecule has 1 heterocycles. The second-order valence-electron chi connectivity index (χ2n) is 6.09. The summed E-state index contributed by atoms with van der Waals surface area (Å²) in [6.07, 6.45) is 1.37. The minimum Gasteiger partial charge on any atom is -0.496 e. The van der Waals surface area contributed by atoms with Gasteiger partial charge in [-0.25, -0.2) is 10.2 Å². The molecule has 0 atom stereocenters. The first kappa shape index (κ1) is 20.6. The lowest BCUT2D eigenvalue weighted by atomic mass is 10.0. The van der Waals surface area contributed by atoms with Gasteiger partial charge in [0.25, 0.3) is 5.91 Å². The largest absolute Gasteiger partial charge is 0.496 e. The highest BCUT2D eigenvalue weighted by atomic mass is 127. The zero-order chi connectivity index (χ0) is 21.0. The predicted octanol–water partition coefficient (Wildman–Crippen LogP) is 4.33. The van der Waals surface area contributed by atoms with Gasteiger partial charge in [0.1, 0.15) is 17.3 Å². The number of aromatic carboxylic acids is 1. The van der Waals surface area contributed by atoms with Gasteiger partial charge in [-0.2, -0.15) is 5.10 Å². The molecule has 0 bridgehead atoms. The van der Waals surface area contributed by atoms with Crippen molar-refractivity contribution in [2.24, 2.45) is 5.10 Å². The zero-order valence-corrected chi connectivity index (χ0v) is 17.8. The lowest BCUT2D eigenvalue weighted by molar-refractivity contribution is 0.0696. The molecule has 0 aliphatic rings. The third kappa shape index (κ3) is 4.83. The molecule has 3 rings (SSSR count). The van der Waals surface area contributed by atoms with Crippen LogP contribution in [0.5, 0.6) is 5.75 Å². The Morgan fingerprint density at radius 2 is 1.97 bits per heavy atom. The number of furan rings is 1. The van der Waals surface area contributed by atoms with Gasteiger partial charge >= 0.3 is 5.97 Å². The first-order valence-electron chi connectivity index (χ1n) is 8.50. The average molecular weight is 504 g/mol. The molecule has 2 aromatic carbocycles. The minimum absolute atomic E-state index is 0.217. The fourth-order valence-corrected chi connectivity index (χ4v) is 3.16. The molecule has 0 aliphatic carbocycles. The van der Waals surface area contributed by atoms with Crippen LogP contribution < -0.4 is 10.2 Å². The molecule has 0 saturated heterocycles. The van der Waals surface area contributed by atoms with Gasteiger partial charge in [0.05, 0.1) is 22.5 Å². The van der Waals surface area contributed by atoms with Crippen molar-refractivity contribution >= 4 is 40.7 Å². The third-order valence-electron chi connectivity index (χ3n) is 4.15. The topological polar surface area (TPSA) is 101 Å². The summed E-state index contributed by atoms with van der Waals surface area (Å²) >= 11 is 2.12. The summed E-state index contributed by atoms with van der Waals surface area (Å²) < 4.78 is 11.8. The number of rotatable bonds is 6. The molecule has 8 heteroatoms. The number of carbonyl (C=O) groups is 2. The Balaban J connectivity index is 1.70. The maximum Gasteiger partial charge on any atom is 0.335 e. The number of carboxylic acid groups (broad SMARTS) is 1. The number of nitrogens with zero attached hydrogens (tertiary/aromatic N) is 1. The van der Waals surface area contributed by atoms with E-state index in [4.69, 9.17) is 9.15 Å². The summed E-state index contributed by atoms with van der Waals surface area (Å²) in [6.45, 7) is 1.74. The number of hydrogen-bond acceptors (Lipinski definition) is 5. The van der Waals surface area contributed by atoms with E-state index < -0.39 is 5.97 Å². The standard InChI is InChI=1S/C21H17IN2O5/c1-12-3-4-13(9-16(12)21(26)27)18-8-6-15(29-18)11-23-24-20(25)14-5-7-17(22)19(10-14)28-2/h3-11H,1-2H3,(H,24,25)(H,26,27)/b23-11+. The van der Waals surface area contributed by atoms with Crippen LogP contribution in [-0.4, -0.2) is 30.3 Å². The molecule has 29 heavy (non-hydrogen) atoms. The van der Waals surface area contributed by atoms with Crippen LogP contribution in [0.25, 0.3) is 11.3 Å². The number of hydrogen-bond donors (Lipinski definition) is 2. The van der Waals surface area contributed by atoms with Gasteiger partial charge in [-0.15, -0.1) is 0 Å². The van der Waals surface area contributed by atoms with Crippen LogP contribution in [0.2, 0.25) is 0 Å². The van der Waals surface area contributed by atoms with E-state index in [0.717, 1.165) is 3.57 Å². The number of hydrazone groups is 1. The van der Waals surface area contributed by atoms with Crippen LogP contribution in [0.15, 0.2) is 58.0 Å². The summed E-state index contributed by atoms with van der Waals surface area (Å²) in [4.78, 5) is 23.5. The van der Waals surface area contributed by atoms with Crippen LogP contribution in [-0.2, 0) is 0 Å². The molecule has 2 N–H and O–H groups in total. The maximum atomic E-state index is 12.2. The highest BCUT2D eigenvalue weighted by Gasteiger charge is 2.11. The Morgan fingerprint density at radius 1 is 1.17 bits per heavy atom. The van der Waals surface area contributed by atoms with Crippen LogP contribution in [0.1, 0.15) is 32.0 Å². The van der Waals surface area contributed by atoms with Crippen LogP contribution in [0.3, 0.4) is 0 Å². The summed E-state index contributed by atoms with van der Waals surface area (Å²) in [6, 6.07) is 13.6. The van der Waals surface area contributed by atoms with Crippen LogP contribution in [0.4, 0.5) is 0 Å². The summed E-state index contributed by atoms with van der Waals surface area (Å²) in [5.41, 5.74) is 4.38. The molecular weight excluding hydrogens is 487 g/mol. The Labute approximate surface area is 180 Å². The number of ether oxygens (including phenoxy) is 1. The first-order valence-corrected chi connectivity index (χ1v) is 9.58. The van der Waals surface area contributed by atoms with Gasteiger partial charge in [-0.1, -0.05) is 12.1 Å². The number of aryl methyl sites for hydroxylation is 1. The number of amides is 1. The van der Waals surface area contributed by atoms with Crippen molar-refractivity contribution in [2.75, 3.05) is 7.11 Å². The highest BCUT2D eigenvalue weighted by molar-refractivity contribution is 14.1. The second kappa shape index (κ2) is 8.91. The smallest absolute Gasteiger partial charge is 0.335 e. The molecule has 0 fully saturated rings. The van der Waals surface area contributed by atoms with Crippen LogP contribution in [0, 0.1) is 10.5 Å². The molecule has 1 aromatic heterocycles. The molecule has 0 spiro atoms. The van der Waals surface area contributed by atoms with Crippen molar-refractivity contribution < 1.29 is 23.8 Å². The van der Waals surface area contributed by atoms with Gasteiger partial charge in [0, 0.05) is 11.1 Å². The summed E-state index contributed by atoms with van der Waals surface area (Å²) in [5, 5.41) is 13.2. The Hall–Kier alpha value is -3.14. The van der Waals surface area contributed by atoms with Crippen molar-refractivity contribution in [3.63, 3.8) is 0 Å². The normalized spacial score (nSPS) is 10.9. The minimum atomic E-state index is -0.993. The SMILES string of the molecule is COc1cc(C(=O)N/N=C/c2ccc(-c3ccc(C)c(C(=O)O)c3)o2)ccc1I. The molecule has 7 nitrogen and oxygen atoms in total. The van der Waals surface area contributed by atoms with E-state index >= 15 is 0 Å². The van der Waals surface area contributed by atoms with Gasteiger partial charge in [-0.3, -0.25) is 4.79 Å². The Morgan fingerprint density at radius 3 is 2.69 bits per heavy atom. The van der Waals surface area contributed by atoms with Crippen molar-refractivity contribution in [1.82, 2.24) is 5.43 Å². The number of benzene rings is 2. The van der Waals surface area contributed by atoms with Gasteiger partial charge < -0.3 is 14.3 Å². The molecule has 1 amide bonds. The predicted molar refractivity (Wildman–Crippen MR) is 117 cm³/mol. The van der Waals surface area contributed by atoms with Crippen molar-refractivity contribution in [3.8, 4) is 17.1 Å². The quantitative estimate of drug-likeness (QED) is 0.296. The molecule has 3 aromatic rings. The molecule has 0 aliphatic heterocycles. The van der Waals surface area contributed by atoms with Crippen LogP contribution >= 0.6 is 22.6 Å².